The summed E-state index contributed by atoms with van der Waals surface area (Å²) in [5.41, 5.74) is -1.04. The Morgan fingerprint density at radius 2 is 1.76 bits per heavy atom. The predicted octanol–water partition coefficient (Wildman–Crippen LogP) is 6.38. The van der Waals surface area contributed by atoms with Crippen molar-refractivity contribution in [1.82, 2.24) is 35.1 Å². The smallest absolute Gasteiger partial charge is 0.352 e. The number of Topliss-reactive ketones (excluding diaryl/α,β-unsaturated/α-hetero) is 1. The van der Waals surface area contributed by atoms with Gasteiger partial charge in [-0.05, 0) is 67.1 Å². The number of carbonyl (C=O) groups excluding carboxylic acids is 2. The highest BCUT2D eigenvalue weighted by molar-refractivity contribution is 6.32. The van der Waals surface area contributed by atoms with Gasteiger partial charge in [0.1, 0.15) is 12.2 Å². The third-order valence-corrected chi connectivity index (χ3v) is 7.68. The Labute approximate surface area is 265 Å². The summed E-state index contributed by atoms with van der Waals surface area (Å²) < 4.78 is 94.4. The number of hydrogen-bond acceptors (Lipinski definition) is 6. The van der Waals surface area contributed by atoms with Gasteiger partial charge >= 0.3 is 18.0 Å². The molecule has 1 aliphatic rings. The summed E-state index contributed by atoms with van der Waals surface area (Å²) in [5.74, 6) is -12.8. The van der Waals surface area contributed by atoms with Crippen LogP contribution in [-0.4, -0.2) is 60.1 Å². The van der Waals surface area contributed by atoms with E-state index in [0.717, 1.165) is 17.5 Å². The molecular weight excluding hydrogens is 670 g/mol. The monoisotopic (exact) mass is 691 g/mol. The van der Waals surface area contributed by atoms with Crippen molar-refractivity contribution in [2.45, 2.75) is 50.8 Å². The second kappa shape index (κ2) is 12.3. The van der Waals surface area contributed by atoms with Crippen LogP contribution in [0.3, 0.4) is 0 Å². The largest absolute Gasteiger partial charge is 0.460 e. The summed E-state index contributed by atoms with van der Waals surface area (Å²) in [7, 11) is 0. The van der Waals surface area contributed by atoms with Gasteiger partial charge in [0.2, 0.25) is 0 Å². The number of pyridine rings is 1. The van der Waals surface area contributed by atoms with E-state index in [4.69, 9.17) is 23.2 Å². The molecule has 0 radical (unpaired) electrons. The third-order valence-electron chi connectivity index (χ3n) is 7.17. The first-order chi connectivity index (χ1) is 21.5. The van der Waals surface area contributed by atoms with Crippen LogP contribution in [0.1, 0.15) is 56.2 Å². The number of benzene rings is 1. The number of nitrogens with one attached hydrogen (secondary N) is 1. The van der Waals surface area contributed by atoms with Gasteiger partial charge in [-0.3, -0.25) is 9.59 Å². The molecule has 4 aromatic rings. The fourth-order valence-electron chi connectivity index (χ4n) is 4.52. The number of alkyl halides is 7. The quantitative estimate of drug-likeness (QED) is 0.145. The molecule has 0 spiro atoms. The number of amides is 1. The number of nitrogens with zero attached hydrogens (tertiary/aromatic N) is 6. The molecule has 1 amide bonds. The molecule has 0 bridgehead atoms. The summed E-state index contributed by atoms with van der Waals surface area (Å²) in [6.07, 6.45) is -3.45. The number of ketones is 1. The summed E-state index contributed by atoms with van der Waals surface area (Å²) in [4.78, 5) is 31.4. The summed E-state index contributed by atoms with van der Waals surface area (Å²) >= 11 is 12.5. The average molecular weight is 692 g/mol. The number of carbonyl (C=O) groups is 2. The zero-order chi connectivity index (χ0) is 33.6. The zero-order valence-electron chi connectivity index (χ0n) is 23.6. The summed E-state index contributed by atoms with van der Waals surface area (Å²) in [6.45, 7) is 1.51. The van der Waals surface area contributed by atoms with Crippen molar-refractivity contribution in [1.29, 1.82) is 0 Å². The van der Waals surface area contributed by atoms with Gasteiger partial charge in [-0.2, -0.15) is 50.8 Å². The standard InChI is InChI=1S/C28H22Cl2F7N7O2/c1-14-7-16(29)8-19(25(46)39-11-15-4-5-15)18(14)10-22(45)21-9-17(41-44(21)24-20(30)3-2-6-38-24)13-43-40-12-23(42-43)26(31,32)27(33,34)28(35,36)37/h2-3,6-9,12,15H,4-5,10-11,13H2,1H3,(H,39,46). The molecule has 3 aromatic heterocycles. The second-order valence-corrected chi connectivity index (χ2v) is 11.5. The van der Waals surface area contributed by atoms with Crippen LogP contribution in [-0.2, 0) is 18.9 Å². The maximum absolute atomic E-state index is 14.2. The lowest BCUT2D eigenvalue weighted by molar-refractivity contribution is -0.360. The molecule has 1 aromatic carbocycles. The molecule has 0 aliphatic heterocycles. The first kappa shape index (κ1) is 33.3. The maximum Gasteiger partial charge on any atom is 0.460 e. The Morgan fingerprint density at radius 3 is 2.41 bits per heavy atom. The molecule has 1 fully saturated rings. The van der Waals surface area contributed by atoms with Crippen LogP contribution < -0.4 is 5.32 Å². The van der Waals surface area contributed by atoms with Gasteiger partial charge in [-0.15, -0.1) is 0 Å². The Morgan fingerprint density at radius 1 is 1.04 bits per heavy atom. The number of aryl methyl sites for hydroxylation is 1. The summed E-state index contributed by atoms with van der Waals surface area (Å²) in [6, 6.07) is 7.19. The van der Waals surface area contributed by atoms with Crippen LogP contribution in [0.25, 0.3) is 5.82 Å². The van der Waals surface area contributed by atoms with E-state index >= 15 is 0 Å². The molecular formula is C28H22Cl2F7N7O2. The van der Waals surface area contributed by atoms with Gasteiger partial charge in [-0.25, -0.2) is 9.67 Å². The van der Waals surface area contributed by atoms with Gasteiger partial charge in [0.15, 0.2) is 17.3 Å². The lowest BCUT2D eigenvalue weighted by atomic mass is 9.95. The van der Waals surface area contributed by atoms with Crippen molar-refractivity contribution in [3.63, 3.8) is 0 Å². The van der Waals surface area contributed by atoms with Crippen LogP contribution in [0.4, 0.5) is 30.7 Å². The molecule has 5 rings (SSSR count). The number of hydrogen-bond donors (Lipinski definition) is 1. The van der Waals surface area contributed by atoms with E-state index in [-0.39, 0.29) is 45.4 Å². The van der Waals surface area contributed by atoms with E-state index in [2.05, 4.69) is 25.6 Å². The van der Waals surface area contributed by atoms with Crippen LogP contribution in [0, 0.1) is 12.8 Å². The minimum atomic E-state index is -6.56. The van der Waals surface area contributed by atoms with Crippen molar-refractivity contribution < 1.29 is 40.3 Å². The fourth-order valence-corrected chi connectivity index (χ4v) is 4.99. The normalized spacial score (nSPS) is 14.0. The Hall–Kier alpha value is -4.05. The van der Waals surface area contributed by atoms with Gasteiger partial charge in [-0.1, -0.05) is 23.2 Å². The minimum Gasteiger partial charge on any atom is -0.352 e. The Balaban J connectivity index is 1.48. The predicted molar refractivity (Wildman–Crippen MR) is 150 cm³/mol. The minimum absolute atomic E-state index is 0.0144. The average Bonchev–Trinajstić information content (AvgIpc) is 3.52. The van der Waals surface area contributed by atoms with E-state index in [1.54, 1.807) is 13.0 Å². The van der Waals surface area contributed by atoms with Gasteiger partial charge in [0.25, 0.3) is 5.91 Å². The molecule has 1 N–H and O–H groups in total. The molecule has 46 heavy (non-hydrogen) atoms. The molecule has 3 heterocycles. The summed E-state index contributed by atoms with van der Waals surface area (Å²) in [5, 5.41) is 13.9. The number of halogens is 9. The first-order valence-electron chi connectivity index (χ1n) is 13.5. The molecule has 0 saturated heterocycles. The molecule has 0 atom stereocenters. The Bertz CT molecular complexity index is 1800. The lowest BCUT2D eigenvalue weighted by Gasteiger charge is -2.26. The van der Waals surface area contributed by atoms with Gasteiger partial charge in [0.05, 0.1) is 16.9 Å². The molecule has 244 valence electrons. The first-order valence-corrected chi connectivity index (χ1v) is 14.3. The van der Waals surface area contributed by atoms with Crippen molar-refractivity contribution in [3.8, 4) is 5.82 Å². The third kappa shape index (κ3) is 6.58. The van der Waals surface area contributed by atoms with Gasteiger partial charge < -0.3 is 5.32 Å². The van der Waals surface area contributed by atoms with Crippen LogP contribution in [0.2, 0.25) is 10.0 Å². The highest BCUT2D eigenvalue weighted by Gasteiger charge is 2.74. The zero-order valence-corrected chi connectivity index (χ0v) is 25.1. The topological polar surface area (TPSA) is 108 Å². The van der Waals surface area contributed by atoms with Crippen molar-refractivity contribution in [2.24, 2.45) is 5.92 Å². The Kier molecular flexibility index (Phi) is 8.90. The van der Waals surface area contributed by atoms with Crippen molar-refractivity contribution >= 4 is 34.9 Å². The number of aromatic nitrogens is 6. The lowest BCUT2D eigenvalue weighted by Crippen LogP contribution is -2.50. The van der Waals surface area contributed by atoms with Crippen LogP contribution >= 0.6 is 23.2 Å². The molecule has 9 nitrogen and oxygen atoms in total. The second-order valence-electron chi connectivity index (χ2n) is 10.7. The maximum atomic E-state index is 14.2. The fraction of sp³-hybridized carbons (Fsp3) is 0.357. The van der Waals surface area contributed by atoms with Crippen molar-refractivity contribution in [2.75, 3.05) is 6.54 Å². The van der Waals surface area contributed by atoms with E-state index in [9.17, 15) is 40.3 Å². The van der Waals surface area contributed by atoms with Crippen LogP contribution in [0.5, 0.6) is 0 Å². The highest BCUT2D eigenvalue weighted by Crippen LogP contribution is 2.51. The highest BCUT2D eigenvalue weighted by atomic mass is 35.5. The molecule has 0 unspecified atom stereocenters. The van der Waals surface area contributed by atoms with E-state index in [1.165, 1.54) is 30.5 Å². The van der Waals surface area contributed by atoms with Gasteiger partial charge in [0, 0.05) is 29.7 Å². The van der Waals surface area contributed by atoms with E-state index < -0.39 is 42.0 Å². The van der Waals surface area contributed by atoms with Crippen LogP contribution in [0.15, 0.2) is 42.7 Å². The molecule has 18 heteroatoms. The van der Waals surface area contributed by atoms with E-state index in [0.29, 0.717) is 28.4 Å². The van der Waals surface area contributed by atoms with Crippen molar-refractivity contribution in [3.05, 3.63) is 86.5 Å². The SMILES string of the molecule is Cc1cc(Cl)cc(C(=O)NCC2CC2)c1CC(=O)c1cc(Cn2ncc(C(F)(F)C(F)(F)C(F)(F)F)n2)nn1-c1ncccc1Cl. The van der Waals surface area contributed by atoms with E-state index in [1.807, 2.05) is 0 Å². The molecule has 1 saturated carbocycles. The number of rotatable bonds is 11. The molecule has 1 aliphatic carbocycles.